The van der Waals surface area contributed by atoms with Gasteiger partial charge in [-0.25, -0.2) is 0 Å². The molecular formula is C26H23BrN2O3. The average molecular weight is 491 g/mol. The Morgan fingerprint density at radius 2 is 1.16 bits per heavy atom. The molecule has 1 saturated heterocycles. The molecule has 1 aliphatic heterocycles. The Morgan fingerprint density at radius 1 is 0.594 bits per heavy atom. The van der Waals surface area contributed by atoms with E-state index < -0.39 is 0 Å². The third kappa shape index (κ3) is 4.81. The zero-order valence-corrected chi connectivity index (χ0v) is 19.1. The molecule has 1 aliphatic rings. The maximum atomic E-state index is 13.4. The summed E-state index contributed by atoms with van der Waals surface area (Å²) in [6, 6.07) is 23.2. The van der Waals surface area contributed by atoms with Crippen molar-refractivity contribution in [2.24, 2.45) is 0 Å². The van der Waals surface area contributed by atoms with Gasteiger partial charge in [0.25, 0.3) is 11.8 Å². The van der Waals surface area contributed by atoms with Gasteiger partial charge in [-0.3, -0.25) is 14.4 Å². The van der Waals surface area contributed by atoms with E-state index in [9.17, 15) is 14.4 Å². The lowest BCUT2D eigenvalue weighted by Gasteiger charge is -2.23. The van der Waals surface area contributed by atoms with Gasteiger partial charge >= 0.3 is 0 Å². The standard InChI is InChI=1S/C26H23BrN2O3/c27-21-13-11-19(12-14-21)24(30)22-9-4-5-10-23(22)26(32)29-16-6-15-28(17-18-29)25(31)20-7-2-1-3-8-20/h1-5,7-14H,6,15-18H2. The first-order valence-electron chi connectivity index (χ1n) is 10.6. The van der Waals surface area contributed by atoms with Crippen LogP contribution in [0.4, 0.5) is 0 Å². The molecule has 0 aliphatic carbocycles. The van der Waals surface area contributed by atoms with Crippen LogP contribution in [0.15, 0.2) is 83.3 Å². The zero-order valence-electron chi connectivity index (χ0n) is 17.5. The minimum atomic E-state index is -0.183. The fraction of sp³-hybridized carbons (Fsp3) is 0.192. The van der Waals surface area contributed by atoms with E-state index in [0.29, 0.717) is 54.9 Å². The predicted molar refractivity (Wildman–Crippen MR) is 127 cm³/mol. The van der Waals surface area contributed by atoms with Crippen molar-refractivity contribution in [2.75, 3.05) is 26.2 Å². The fourth-order valence-corrected chi connectivity index (χ4v) is 4.15. The van der Waals surface area contributed by atoms with Gasteiger partial charge in [0.05, 0.1) is 5.56 Å². The third-order valence-corrected chi connectivity index (χ3v) is 6.13. The second-order valence-corrected chi connectivity index (χ2v) is 8.60. The lowest BCUT2D eigenvalue weighted by molar-refractivity contribution is 0.0717. The number of carbonyl (C=O) groups is 3. The first kappa shape index (κ1) is 22.0. The van der Waals surface area contributed by atoms with Gasteiger partial charge in [-0.1, -0.05) is 52.3 Å². The topological polar surface area (TPSA) is 57.7 Å². The van der Waals surface area contributed by atoms with Gasteiger partial charge in [-0.2, -0.15) is 0 Å². The molecule has 5 nitrogen and oxygen atoms in total. The van der Waals surface area contributed by atoms with Crippen molar-refractivity contribution in [2.45, 2.75) is 6.42 Å². The summed E-state index contributed by atoms with van der Waals surface area (Å²) in [6.45, 7) is 2.02. The molecule has 0 radical (unpaired) electrons. The average Bonchev–Trinajstić information content (AvgIpc) is 3.10. The summed E-state index contributed by atoms with van der Waals surface area (Å²) in [7, 11) is 0. The highest BCUT2D eigenvalue weighted by atomic mass is 79.9. The van der Waals surface area contributed by atoms with Crippen LogP contribution in [0, 0.1) is 0 Å². The van der Waals surface area contributed by atoms with Crippen LogP contribution in [0.2, 0.25) is 0 Å². The van der Waals surface area contributed by atoms with Crippen LogP contribution in [-0.4, -0.2) is 53.6 Å². The van der Waals surface area contributed by atoms with Crippen molar-refractivity contribution >= 4 is 33.5 Å². The summed E-state index contributed by atoms with van der Waals surface area (Å²) in [5, 5.41) is 0. The van der Waals surface area contributed by atoms with Gasteiger partial charge in [0.1, 0.15) is 0 Å². The lowest BCUT2D eigenvalue weighted by atomic mass is 9.97. The Kier molecular flexibility index (Phi) is 6.81. The second-order valence-electron chi connectivity index (χ2n) is 7.69. The number of hydrogen-bond donors (Lipinski definition) is 0. The predicted octanol–water partition coefficient (Wildman–Crippen LogP) is 4.67. The molecule has 4 rings (SSSR count). The van der Waals surface area contributed by atoms with Crippen LogP contribution in [0.5, 0.6) is 0 Å². The smallest absolute Gasteiger partial charge is 0.254 e. The van der Waals surface area contributed by atoms with E-state index in [4.69, 9.17) is 0 Å². The summed E-state index contributed by atoms with van der Waals surface area (Å²) < 4.78 is 0.887. The molecule has 0 N–H and O–H groups in total. The Bertz CT molecular complexity index is 1130. The summed E-state index contributed by atoms with van der Waals surface area (Å²) in [5.41, 5.74) is 1.96. The van der Waals surface area contributed by atoms with Crippen molar-refractivity contribution in [1.82, 2.24) is 9.80 Å². The van der Waals surface area contributed by atoms with E-state index in [1.807, 2.05) is 30.3 Å². The molecular weight excluding hydrogens is 468 g/mol. The van der Waals surface area contributed by atoms with Crippen molar-refractivity contribution in [3.63, 3.8) is 0 Å². The molecule has 0 saturated carbocycles. The SMILES string of the molecule is O=C(c1ccc(Br)cc1)c1ccccc1C(=O)N1CCCN(C(=O)c2ccccc2)CC1. The Balaban J connectivity index is 1.51. The van der Waals surface area contributed by atoms with Crippen LogP contribution in [-0.2, 0) is 0 Å². The van der Waals surface area contributed by atoms with Crippen molar-refractivity contribution in [3.05, 3.63) is 106 Å². The van der Waals surface area contributed by atoms with Crippen molar-refractivity contribution in [1.29, 1.82) is 0 Å². The molecule has 0 atom stereocenters. The van der Waals surface area contributed by atoms with Crippen molar-refractivity contribution < 1.29 is 14.4 Å². The highest BCUT2D eigenvalue weighted by molar-refractivity contribution is 9.10. The number of benzene rings is 3. The number of carbonyl (C=O) groups excluding carboxylic acids is 3. The molecule has 1 fully saturated rings. The molecule has 32 heavy (non-hydrogen) atoms. The number of halogens is 1. The van der Waals surface area contributed by atoms with Gasteiger partial charge in [0.15, 0.2) is 5.78 Å². The van der Waals surface area contributed by atoms with E-state index in [1.165, 1.54) is 0 Å². The van der Waals surface area contributed by atoms with Crippen LogP contribution in [0.1, 0.15) is 43.1 Å². The summed E-state index contributed by atoms with van der Waals surface area (Å²) >= 11 is 3.38. The minimum absolute atomic E-state index is 0.0225. The second kappa shape index (κ2) is 9.92. The Hall–Kier alpha value is -3.25. The molecule has 2 amide bonds. The van der Waals surface area contributed by atoms with E-state index in [1.54, 1.807) is 58.3 Å². The summed E-state index contributed by atoms with van der Waals surface area (Å²) in [6.07, 6.45) is 0.688. The molecule has 3 aromatic rings. The van der Waals surface area contributed by atoms with E-state index in [-0.39, 0.29) is 17.6 Å². The molecule has 1 heterocycles. The van der Waals surface area contributed by atoms with Crippen molar-refractivity contribution in [3.8, 4) is 0 Å². The highest BCUT2D eigenvalue weighted by Crippen LogP contribution is 2.20. The number of hydrogen-bond acceptors (Lipinski definition) is 3. The number of amides is 2. The Morgan fingerprint density at radius 3 is 1.81 bits per heavy atom. The van der Waals surface area contributed by atoms with Crippen LogP contribution >= 0.6 is 15.9 Å². The number of nitrogens with zero attached hydrogens (tertiary/aromatic N) is 2. The largest absolute Gasteiger partial charge is 0.337 e. The highest BCUT2D eigenvalue weighted by Gasteiger charge is 2.26. The molecule has 0 bridgehead atoms. The Labute approximate surface area is 195 Å². The normalized spacial score (nSPS) is 14.0. The summed E-state index contributed by atoms with van der Waals surface area (Å²) in [4.78, 5) is 42.8. The van der Waals surface area contributed by atoms with E-state index in [2.05, 4.69) is 15.9 Å². The zero-order chi connectivity index (χ0) is 22.5. The molecule has 0 spiro atoms. The third-order valence-electron chi connectivity index (χ3n) is 5.60. The van der Waals surface area contributed by atoms with E-state index >= 15 is 0 Å². The minimum Gasteiger partial charge on any atom is -0.337 e. The van der Waals surface area contributed by atoms with Crippen LogP contribution in [0.3, 0.4) is 0 Å². The first-order valence-corrected chi connectivity index (χ1v) is 11.4. The molecule has 162 valence electrons. The van der Waals surface area contributed by atoms with Crippen LogP contribution < -0.4 is 0 Å². The fourth-order valence-electron chi connectivity index (χ4n) is 3.88. The molecule has 0 aromatic heterocycles. The van der Waals surface area contributed by atoms with Gasteiger partial charge < -0.3 is 9.80 Å². The maximum absolute atomic E-state index is 13.4. The summed E-state index contributed by atoms with van der Waals surface area (Å²) in [5.74, 6) is -0.386. The van der Waals surface area contributed by atoms with Gasteiger partial charge in [-0.05, 0) is 48.9 Å². The van der Waals surface area contributed by atoms with E-state index in [0.717, 1.165) is 4.47 Å². The van der Waals surface area contributed by atoms with Crippen LogP contribution in [0.25, 0.3) is 0 Å². The van der Waals surface area contributed by atoms with Gasteiger partial charge in [-0.15, -0.1) is 0 Å². The van der Waals surface area contributed by atoms with Gasteiger partial charge in [0, 0.05) is 47.3 Å². The quantitative estimate of drug-likeness (QED) is 0.499. The van der Waals surface area contributed by atoms with Gasteiger partial charge in [0.2, 0.25) is 0 Å². The maximum Gasteiger partial charge on any atom is 0.254 e. The monoisotopic (exact) mass is 490 g/mol. The number of rotatable bonds is 4. The lowest BCUT2D eigenvalue weighted by Crippen LogP contribution is -2.37. The molecule has 0 unspecified atom stereocenters. The first-order chi connectivity index (χ1) is 15.5. The molecule has 6 heteroatoms. The number of ketones is 1. The molecule has 3 aromatic carbocycles.